The van der Waals surface area contributed by atoms with Gasteiger partial charge < -0.3 is 4.57 Å². The molecule has 0 N–H and O–H groups in total. The molecule has 0 unspecified atom stereocenters. The van der Waals surface area contributed by atoms with Crippen LogP contribution in [0.4, 0.5) is 0 Å². The summed E-state index contributed by atoms with van der Waals surface area (Å²) in [7, 11) is 0. The van der Waals surface area contributed by atoms with Crippen LogP contribution in [0.15, 0.2) is 83.9 Å². The molecule has 0 aliphatic carbocycles. The van der Waals surface area contributed by atoms with Crippen LogP contribution in [0.5, 0.6) is 0 Å². The van der Waals surface area contributed by atoms with Gasteiger partial charge in [-0.05, 0) is 51.0 Å². The monoisotopic (exact) mass is 505 g/mol. The van der Waals surface area contributed by atoms with Crippen molar-refractivity contribution in [2.45, 2.75) is 52.9 Å². The Labute approximate surface area is 223 Å². The number of likely N-dealkylation sites (tertiary alicyclic amines) is 1. The lowest BCUT2D eigenvalue weighted by Gasteiger charge is -2.19. The average Bonchev–Trinajstić information content (AvgIpc) is 3.64. The van der Waals surface area contributed by atoms with E-state index in [0.717, 1.165) is 59.6 Å². The van der Waals surface area contributed by atoms with Crippen LogP contribution in [-0.4, -0.2) is 36.7 Å². The van der Waals surface area contributed by atoms with Gasteiger partial charge in [0.1, 0.15) is 0 Å². The zero-order valence-electron chi connectivity index (χ0n) is 22.5. The van der Waals surface area contributed by atoms with Gasteiger partial charge in [0.05, 0.1) is 28.7 Å². The first kappa shape index (κ1) is 24.4. The molecule has 1 saturated heterocycles. The topological polar surface area (TPSA) is 48.0 Å². The Hall–Kier alpha value is -3.90. The van der Waals surface area contributed by atoms with Crippen molar-refractivity contribution in [3.8, 4) is 22.5 Å². The first-order chi connectivity index (χ1) is 18.6. The van der Waals surface area contributed by atoms with E-state index in [-0.39, 0.29) is 5.69 Å². The van der Waals surface area contributed by atoms with Gasteiger partial charge in [0.2, 0.25) is 0 Å². The van der Waals surface area contributed by atoms with Crippen molar-refractivity contribution in [3.05, 3.63) is 101 Å². The van der Waals surface area contributed by atoms with E-state index >= 15 is 0 Å². The van der Waals surface area contributed by atoms with Gasteiger partial charge in [-0.2, -0.15) is 0 Å². The van der Waals surface area contributed by atoms with Crippen LogP contribution in [0.1, 0.15) is 37.4 Å². The fourth-order valence-corrected chi connectivity index (χ4v) is 6.03. The predicted molar refractivity (Wildman–Crippen MR) is 154 cm³/mol. The second kappa shape index (κ2) is 10.1. The predicted octanol–water partition coefficient (Wildman–Crippen LogP) is 6.13. The van der Waals surface area contributed by atoms with Crippen molar-refractivity contribution in [1.29, 1.82) is 0 Å². The molecule has 194 valence electrons. The third-order valence-corrected chi connectivity index (χ3v) is 7.90. The molecular weight excluding hydrogens is 470 g/mol. The van der Waals surface area contributed by atoms with Gasteiger partial charge in [-0.1, -0.05) is 60.2 Å². The number of hydrogen-bond donors (Lipinski definition) is 0. The van der Waals surface area contributed by atoms with Crippen LogP contribution >= 0.6 is 0 Å². The Bertz CT molecular complexity index is 1640. The maximum absolute atomic E-state index is 13.0. The lowest BCUT2D eigenvalue weighted by atomic mass is 10.0. The van der Waals surface area contributed by atoms with E-state index in [2.05, 4.69) is 89.2 Å². The zero-order valence-corrected chi connectivity index (χ0v) is 22.5. The maximum Gasteiger partial charge on any atom is 0.329 e. The van der Waals surface area contributed by atoms with E-state index in [4.69, 9.17) is 4.98 Å². The summed E-state index contributed by atoms with van der Waals surface area (Å²) in [6.07, 6.45) is 3.11. The molecular formula is C32H35N5O. The third kappa shape index (κ3) is 4.29. The molecule has 3 aromatic carbocycles. The van der Waals surface area contributed by atoms with Gasteiger partial charge in [0.15, 0.2) is 0 Å². The van der Waals surface area contributed by atoms with Crippen LogP contribution in [0, 0.1) is 6.92 Å². The Morgan fingerprint density at radius 1 is 0.868 bits per heavy atom. The first-order valence-electron chi connectivity index (χ1n) is 13.7. The molecule has 1 atom stereocenters. The highest BCUT2D eigenvalue weighted by molar-refractivity contribution is 5.86. The maximum atomic E-state index is 13.0. The molecule has 6 nitrogen and oxygen atoms in total. The fourth-order valence-electron chi connectivity index (χ4n) is 6.03. The molecule has 5 aromatic rings. The number of benzene rings is 3. The zero-order chi connectivity index (χ0) is 26.2. The van der Waals surface area contributed by atoms with Crippen LogP contribution < -0.4 is 5.69 Å². The third-order valence-electron chi connectivity index (χ3n) is 7.90. The minimum Gasteiger partial charge on any atom is -0.326 e. The molecule has 6 heteroatoms. The summed E-state index contributed by atoms with van der Waals surface area (Å²) >= 11 is 0. The molecule has 0 saturated carbocycles. The Morgan fingerprint density at radius 3 is 2.42 bits per heavy atom. The highest BCUT2D eigenvalue weighted by Crippen LogP contribution is 2.37. The minimum absolute atomic E-state index is 0.0573. The first-order valence-corrected chi connectivity index (χ1v) is 13.7. The van der Waals surface area contributed by atoms with Gasteiger partial charge in [-0.15, -0.1) is 0 Å². The SMILES string of the molecule is CCn1c(=O)n(CC)c2cc(-c3c(-c4cccc(C)c4)ncn3[C@@H]3CCN(Cc4ccccc4)C3)ccc21. The molecule has 3 heterocycles. The van der Waals surface area contributed by atoms with Crippen LogP contribution in [0.25, 0.3) is 33.5 Å². The van der Waals surface area contributed by atoms with E-state index in [1.165, 1.54) is 11.1 Å². The molecule has 0 bridgehead atoms. The number of fused-ring (bicyclic) bond motifs is 1. The van der Waals surface area contributed by atoms with E-state index in [1.54, 1.807) is 0 Å². The van der Waals surface area contributed by atoms with Crippen molar-refractivity contribution in [2.24, 2.45) is 0 Å². The molecule has 0 amide bonds. The fraction of sp³-hybridized carbons (Fsp3) is 0.312. The minimum atomic E-state index is 0.0573. The number of nitrogens with zero attached hydrogens (tertiary/aromatic N) is 5. The van der Waals surface area contributed by atoms with Gasteiger partial charge in [-0.3, -0.25) is 14.0 Å². The average molecular weight is 506 g/mol. The summed E-state index contributed by atoms with van der Waals surface area (Å²) < 4.78 is 6.13. The Balaban J connectivity index is 1.45. The van der Waals surface area contributed by atoms with Crippen LogP contribution in [-0.2, 0) is 19.6 Å². The van der Waals surface area contributed by atoms with Crippen molar-refractivity contribution in [2.75, 3.05) is 13.1 Å². The Morgan fingerprint density at radius 2 is 1.66 bits per heavy atom. The van der Waals surface area contributed by atoms with Crippen molar-refractivity contribution < 1.29 is 0 Å². The number of imidazole rings is 2. The highest BCUT2D eigenvalue weighted by Gasteiger charge is 2.28. The highest BCUT2D eigenvalue weighted by atomic mass is 16.1. The van der Waals surface area contributed by atoms with Gasteiger partial charge in [-0.25, -0.2) is 9.78 Å². The summed E-state index contributed by atoms with van der Waals surface area (Å²) in [5, 5.41) is 0. The summed E-state index contributed by atoms with van der Waals surface area (Å²) in [6.45, 7) is 10.5. The summed E-state index contributed by atoms with van der Waals surface area (Å²) in [5.74, 6) is 0. The summed E-state index contributed by atoms with van der Waals surface area (Å²) in [6, 6.07) is 26.1. The van der Waals surface area contributed by atoms with Crippen molar-refractivity contribution >= 4 is 11.0 Å². The van der Waals surface area contributed by atoms with Gasteiger partial charge >= 0.3 is 5.69 Å². The second-order valence-corrected chi connectivity index (χ2v) is 10.4. The number of hydrogen-bond acceptors (Lipinski definition) is 3. The smallest absolute Gasteiger partial charge is 0.326 e. The molecule has 6 rings (SSSR count). The molecule has 1 aliphatic rings. The van der Waals surface area contributed by atoms with Crippen molar-refractivity contribution in [3.63, 3.8) is 0 Å². The quantitative estimate of drug-likeness (QED) is 0.267. The molecule has 0 spiro atoms. The largest absolute Gasteiger partial charge is 0.329 e. The van der Waals surface area contributed by atoms with Gasteiger partial charge in [0.25, 0.3) is 0 Å². The molecule has 38 heavy (non-hydrogen) atoms. The lowest BCUT2D eigenvalue weighted by molar-refractivity contribution is 0.316. The molecule has 1 fully saturated rings. The second-order valence-electron chi connectivity index (χ2n) is 10.4. The normalized spacial score (nSPS) is 16.0. The number of aryl methyl sites for hydroxylation is 3. The molecule has 1 aliphatic heterocycles. The molecule has 2 aromatic heterocycles. The van der Waals surface area contributed by atoms with Crippen molar-refractivity contribution in [1.82, 2.24) is 23.6 Å². The van der Waals surface area contributed by atoms with Gasteiger partial charge in [0, 0.05) is 49.9 Å². The standard InChI is InChI=1S/C32H35N5O/c1-4-35-28-15-14-26(19-29(28)36(5-2)32(35)38)31-30(25-13-9-10-23(3)18-25)33-22-37(31)27-16-17-34(21-27)20-24-11-7-6-8-12-24/h6-15,18-19,22,27H,4-5,16-17,20-21H2,1-3H3/t27-/m1/s1. The number of aromatic nitrogens is 4. The molecule has 0 radical (unpaired) electrons. The van der Waals surface area contributed by atoms with E-state index in [9.17, 15) is 4.79 Å². The van der Waals surface area contributed by atoms with E-state index in [0.29, 0.717) is 19.1 Å². The van der Waals surface area contributed by atoms with E-state index in [1.807, 2.05) is 29.3 Å². The summed E-state index contributed by atoms with van der Waals surface area (Å²) in [5.41, 5.74) is 8.94. The number of rotatable bonds is 7. The van der Waals surface area contributed by atoms with Crippen LogP contribution in [0.2, 0.25) is 0 Å². The van der Waals surface area contributed by atoms with Crippen LogP contribution in [0.3, 0.4) is 0 Å². The van der Waals surface area contributed by atoms with E-state index < -0.39 is 0 Å². The summed E-state index contributed by atoms with van der Waals surface area (Å²) in [4.78, 5) is 20.6. The lowest BCUT2D eigenvalue weighted by Crippen LogP contribution is -2.23. The Kier molecular flexibility index (Phi) is 6.50.